The lowest BCUT2D eigenvalue weighted by Gasteiger charge is -2.41. The van der Waals surface area contributed by atoms with Crippen LogP contribution in [-0.4, -0.2) is 57.7 Å². The molecule has 5 rings (SSSR count). The molecule has 1 atom stereocenters. The van der Waals surface area contributed by atoms with E-state index in [4.69, 9.17) is 4.42 Å². The van der Waals surface area contributed by atoms with E-state index >= 15 is 0 Å². The monoisotopic (exact) mass is 433 g/mol. The second-order valence-electron chi connectivity index (χ2n) is 8.91. The lowest BCUT2D eigenvalue weighted by molar-refractivity contribution is -0.122. The number of furan rings is 1. The van der Waals surface area contributed by atoms with Crippen LogP contribution in [0.2, 0.25) is 0 Å². The lowest BCUT2D eigenvalue weighted by atomic mass is 9.93. The fourth-order valence-corrected chi connectivity index (χ4v) is 5.01. The third kappa shape index (κ3) is 4.95. The van der Waals surface area contributed by atoms with Crippen molar-refractivity contribution in [2.24, 2.45) is 5.92 Å². The van der Waals surface area contributed by atoms with Crippen LogP contribution >= 0.6 is 0 Å². The third-order valence-electron chi connectivity index (χ3n) is 6.74. The quantitative estimate of drug-likeness (QED) is 0.641. The van der Waals surface area contributed by atoms with Crippen molar-refractivity contribution in [3.63, 3.8) is 0 Å². The zero-order chi connectivity index (χ0) is 21.8. The van der Waals surface area contributed by atoms with Crippen LogP contribution in [0.15, 0.2) is 65.5 Å². The summed E-state index contributed by atoms with van der Waals surface area (Å²) >= 11 is 0. The summed E-state index contributed by atoms with van der Waals surface area (Å²) in [4.78, 5) is 18.1. The Bertz CT molecular complexity index is 993. The number of benzene rings is 1. The number of carbonyl (C=O) groups excluding carboxylic acids is 1. The number of hydrogen-bond acceptors (Lipinski definition) is 5. The largest absolute Gasteiger partial charge is 0.468 e. The Morgan fingerprint density at radius 3 is 2.78 bits per heavy atom. The maximum Gasteiger partial charge on any atom is 0.228 e. The van der Waals surface area contributed by atoms with Crippen LogP contribution in [0, 0.1) is 5.92 Å². The van der Waals surface area contributed by atoms with Crippen molar-refractivity contribution < 1.29 is 9.21 Å². The summed E-state index contributed by atoms with van der Waals surface area (Å²) in [6, 6.07) is 14.3. The minimum atomic E-state index is 0.0401. The predicted octanol–water partition coefficient (Wildman–Crippen LogP) is 3.78. The van der Waals surface area contributed by atoms with E-state index in [1.807, 2.05) is 48.7 Å². The van der Waals surface area contributed by atoms with Gasteiger partial charge in [0, 0.05) is 43.8 Å². The number of carbonyl (C=O) groups is 1. The number of amides is 1. The Kier molecular flexibility index (Phi) is 6.36. The topological polar surface area (TPSA) is 66.5 Å². The van der Waals surface area contributed by atoms with Gasteiger partial charge >= 0.3 is 0 Å². The van der Waals surface area contributed by atoms with Crippen LogP contribution in [0.1, 0.15) is 31.4 Å². The molecule has 1 N–H and O–H groups in total. The molecule has 2 saturated heterocycles. The second kappa shape index (κ2) is 9.71. The molecule has 1 amide bonds. The average molecular weight is 434 g/mol. The molecule has 3 aromatic rings. The Hall–Kier alpha value is -2.90. The first-order valence-electron chi connectivity index (χ1n) is 11.6. The molecule has 0 saturated carbocycles. The van der Waals surface area contributed by atoms with Gasteiger partial charge < -0.3 is 9.73 Å². The Morgan fingerprint density at radius 1 is 1.09 bits per heavy atom. The molecule has 7 heteroatoms. The van der Waals surface area contributed by atoms with Crippen LogP contribution in [0.4, 0.5) is 5.69 Å². The highest BCUT2D eigenvalue weighted by molar-refractivity contribution is 5.93. The number of nitrogens with zero attached hydrogens (tertiary/aromatic N) is 4. The molecule has 2 aliphatic rings. The van der Waals surface area contributed by atoms with Gasteiger partial charge in [-0.2, -0.15) is 5.10 Å². The molecule has 168 valence electrons. The minimum Gasteiger partial charge on any atom is -0.468 e. The molecule has 0 radical (unpaired) electrons. The van der Waals surface area contributed by atoms with Crippen molar-refractivity contribution in [1.29, 1.82) is 0 Å². The molecular weight excluding hydrogens is 402 g/mol. The van der Waals surface area contributed by atoms with Gasteiger partial charge in [0.15, 0.2) is 0 Å². The third-order valence-corrected chi connectivity index (χ3v) is 6.74. The summed E-state index contributed by atoms with van der Waals surface area (Å²) in [6.45, 7) is 5.01. The van der Waals surface area contributed by atoms with Crippen LogP contribution < -0.4 is 5.32 Å². The number of rotatable bonds is 6. The molecule has 2 aromatic heterocycles. The van der Waals surface area contributed by atoms with Gasteiger partial charge in [0.2, 0.25) is 5.91 Å². The average Bonchev–Trinajstić information content (AvgIpc) is 3.55. The summed E-state index contributed by atoms with van der Waals surface area (Å²) in [5.41, 5.74) is 1.77. The van der Waals surface area contributed by atoms with Crippen LogP contribution in [0.25, 0.3) is 5.69 Å². The number of aromatic nitrogens is 2. The standard InChI is InChI=1S/C25H31N5O2/c31-25(27-21-6-1-7-23(17-21)30-13-4-11-26-30)20-5-2-12-29(18-20)22-9-14-28(15-10-22)19-24-8-3-16-32-24/h1,3-4,6-8,11,13,16-17,20,22H,2,5,9-10,12,14-15,18-19H2,(H,27,31)/t20-/m0/s1. The summed E-state index contributed by atoms with van der Waals surface area (Å²) < 4.78 is 7.30. The Labute approximate surface area is 189 Å². The van der Waals surface area contributed by atoms with E-state index in [0.717, 1.165) is 75.5 Å². The van der Waals surface area contributed by atoms with Crippen LogP contribution in [0.3, 0.4) is 0 Å². The molecule has 4 heterocycles. The number of hydrogen-bond donors (Lipinski definition) is 1. The lowest BCUT2D eigenvalue weighted by Crippen LogP contribution is -2.50. The smallest absolute Gasteiger partial charge is 0.228 e. The molecule has 2 aliphatic heterocycles. The van der Waals surface area contributed by atoms with Gasteiger partial charge in [-0.05, 0) is 68.6 Å². The van der Waals surface area contributed by atoms with E-state index in [9.17, 15) is 4.79 Å². The zero-order valence-electron chi connectivity index (χ0n) is 18.4. The molecule has 0 unspecified atom stereocenters. The molecule has 0 bridgehead atoms. The van der Waals surface area contributed by atoms with Crippen LogP contribution in [-0.2, 0) is 11.3 Å². The van der Waals surface area contributed by atoms with Gasteiger partial charge in [-0.1, -0.05) is 6.07 Å². The molecule has 0 aliphatic carbocycles. The summed E-state index contributed by atoms with van der Waals surface area (Å²) in [5.74, 6) is 1.20. The maximum absolute atomic E-state index is 13.0. The van der Waals surface area contributed by atoms with Crippen molar-refractivity contribution in [3.05, 3.63) is 66.9 Å². The highest BCUT2D eigenvalue weighted by Gasteiger charge is 2.31. The maximum atomic E-state index is 13.0. The van der Waals surface area contributed by atoms with Gasteiger partial charge in [-0.25, -0.2) is 4.68 Å². The van der Waals surface area contributed by atoms with Gasteiger partial charge in [-0.3, -0.25) is 14.6 Å². The molecule has 7 nitrogen and oxygen atoms in total. The number of nitrogens with one attached hydrogen (secondary N) is 1. The molecule has 32 heavy (non-hydrogen) atoms. The van der Waals surface area contributed by atoms with Gasteiger partial charge in [0.1, 0.15) is 5.76 Å². The number of piperidine rings is 2. The number of anilines is 1. The van der Waals surface area contributed by atoms with Gasteiger partial charge in [0.05, 0.1) is 24.4 Å². The van der Waals surface area contributed by atoms with Crippen molar-refractivity contribution in [3.8, 4) is 5.69 Å². The van der Waals surface area contributed by atoms with Crippen molar-refractivity contribution in [1.82, 2.24) is 19.6 Å². The molecule has 2 fully saturated rings. The zero-order valence-corrected chi connectivity index (χ0v) is 18.4. The first-order valence-corrected chi connectivity index (χ1v) is 11.6. The second-order valence-corrected chi connectivity index (χ2v) is 8.91. The van der Waals surface area contributed by atoms with E-state index in [2.05, 4.69) is 20.2 Å². The van der Waals surface area contributed by atoms with Crippen molar-refractivity contribution in [2.75, 3.05) is 31.5 Å². The summed E-state index contributed by atoms with van der Waals surface area (Å²) in [7, 11) is 0. The highest BCUT2D eigenvalue weighted by Crippen LogP contribution is 2.26. The van der Waals surface area contributed by atoms with E-state index < -0.39 is 0 Å². The molecule has 0 spiro atoms. The predicted molar refractivity (Wildman–Crippen MR) is 123 cm³/mol. The van der Waals surface area contributed by atoms with Gasteiger partial charge in [-0.15, -0.1) is 0 Å². The minimum absolute atomic E-state index is 0.0401. The Morgan fingerprint density at radius 2 is 2.00 bits per heavy atom. The fourth-order valence-electron chi connectivity index (χ4n) is 5.01. The Balaban J connectivity index is 1.14. The number of likely N-dealkylation sites (tertiary alicyclic amines) is 2. The summed E-state index contributed by atoms with van der Waals surface area (Å²) in [6.07, 6.45) is 9.75. The van der Waals surface area contributed by atoms with E-state index in [1.54, 1.807) is 17.1 Å². The normalized spacial score (nSPS) is 20.9. The first kappa shape index (κ1) is 21.0. The van der Waals surface area contributed by atoms with Gasteiger partial charge in [0.25, 0.3) is 0 Å². The van der Waals surface area contributed by atoms with E-state index in [-0.39, 0.29) is 11.8 Å². The SMILES string of the molecule is O=C(Nc1cccc(-n2cccn2)c1)[C@H]1CCCN(C2CCN(Cc3ccco3)CC2)C1. The van der Waals surface area contributed by atoms with Crippen molar-refractivity contribution >= 4 is 11.6 Å². The first-order chi connectivity index (χ1) is 15.7. The molecular formula is C25H31N5O2. The summed E-state index contributed by atoms with van der Waals surface area (Å²) in [5, 5.41) is 7.42. The highest BCUT2D eigenvalue weighted by atomic mass is 16.3. The van der Waals surface area contributed by atoms with E-state index in [0.29, 0.717) is 6.04 Å². The van der Waals surface area contributed by atoms with E-state index in [1.165, 1.54) is 0 Å². The van der Waals surface area contributed by atoms with Crippen molar-refractivity contribution in [2.45, 2.75) is 38.3 Å². The fraction of sp³-hybridized carbons (Fsp3) is 0.440. The van der Waals surface area contributed by atoms with Crippen LogP contribution in [0.5, 0.6) is 0 Å². The molecule has 1 aromatic carbocycles.